The molecule has 0 amide bonds. The molecule has 5 nitrogen and oxygen atoms in total. The van der Waals surface area contributed by atoms with Crippen LogP contribution in [0, 0.1) is 0 Å². The smallest absolute Gasteiger partial charge is 0.387 e. The topological polar surface area (TPSA) is 63.7 Å². The lowest BCUT2D eigenvalue weighted by atomic mass is 10.1. The number of carbonyl (C=O) groups excluding carboxylic acids is 1. The van der Waals surface area contributed by atoms with E-state index in [1.165, 1.54) is 28.6 Å². The van der Waals surface area contributed by atoms with Gasteiger partial charge in [-0.1, -0.05) is 0 Å². The highest BCUT2D eigenvalue weighted by Gasteiger charge is 2.28. The molecule has 1 saturated heterocycles. The maximum absolute atomic E-state index is 12.3. The Kier molecular flexibility index (Phi) is 4.34. The van der Waals surface area contributed by atoms with E-state index < -0.39 is 16.6 Å². The molecule has 1 aliphatic rings. The number of ketones is 1. The second-order valence-corrected chi connectivity index (χ2v) is 6.23. The number of ether oxygens (including phenoxy) is 1. The molecule has 0 spiro atoms. The number of benzene rings is 1. The first-order valence-electron chi connectivity index (χ1n) is 5.96. The van der Waals surface area contributed by atoms with Crippen LogP contribution in [0.5, 0.6) is 5.75 Å². The summed E-state index contributed by atoms with van der Waals surface area (Å²) in [5.74, 6) is -0.0649. The van der Waals surface area contributed by atoms with Gasteiger partial charge in [0.15, 0.2) is 0 Å². The summed E-state index contributed by atoms with van der Waals surface area (Å²) in [4.78, 5) is 11.1. The summed E-state index contributed by atoms with van der Waals surface area (Å²) in [5, 5.41) is 0. The van der Waals surface area contributed by atoms with Gasteiger partial charge in [-0.15, -0.1) is 0 Å². The Balaban J connectivity index is 2.15. The fraction of sp³-hybridized carbons (Fsp3) is 0.417. The Morgan fingerprint density at radius 2 is 1.65 bits per heavy atom. The number of rotatable bonds is 4. The van der Waals surface area contributed by atoms with E-state index in [1.807, 2.05) is 0 Å². The summed E-state index contributed by atoms with van der Waals surface area (Å²) in [6.07, 6.45) is 0.400. The molecule has 0 unspecified atom stereocenters. The zero-order valence-electron chi connectivity index (χ0n) is 10.5. The highest BCUT2D eigenvalue weighted by Crippen LogP contribution is 2.22. The van der Waals surface area contributed by atoms with E-state index in [0.717, 1.165) is 0 Å². The van der Waals surface area contributed by atoms with Crippen molar-refractivity contribution in [3.8, 4) is 5.75 Å². The third-order valence-electron chi connectivity index (χ3n) is 2.97. The van der Waals surface area contributed by atoms with Crippen molar-refractivity contribution in [2.75, 3.05) is 13.1 Å². The molecule has 8 heteroatoms. The molecule has 0 aromatic heterocycles. The molecule has 20 heavy (non-hydrogen) atoms. The predicted molar refractivity (Wildman–Crippen MR) is 66.1 cm³/mol. The fourth-order valence-corrected chi connectivity index (χ4v) is 3.36. The summed E-state index contributed by atoms with van der Waals surface area (Å²) in [5.41, 5.74) is 0. The maximum Gasteiger partial charge on any atom is 0.387 e. The number of hydrogen-bond acceptors (Lipinski definition) is 4. The first-order chi connectivity index (χ1) is 9.39. The number of Topliss-reactive ketones (excluding diaryl/α,β-unsaturated/α-hetero) is 1. The molecule has 0 aliphatic carbocycles. The van der Waals surface area contributed by atoms with Crippen LogP contribution in [0.3, 0.4) is 0 Å². The fourth-order valence-electron chi connectivity index (χ4n) is 1.92. The highest BCUT2D eigenvalue weighted by atomic mass is 32.2. The largest absolute Gasteiger partial charge is 0.435 e. The van der Waals surface area contributed by atoms with Crippen molar-refractivity contribution in [2.45, 2.75) is 24.3 Å². The molecule has 0 saturated carbocycles. The maximum atomic E-state index is 12.3. The van der Waals surface area contributed by atoms with Crippen LogP contribution in [0.4, 0.5) is 8.78 Å². The van der Waals surface area contributed by atoms with Crippen molar-refractivity contribution in [2.24, 2.45) is 0 Å². The molecule has 1 aliphatic heterocycles. The number of halogens is 2. The highest BCUT2D eigenvalue weighted by molar-refractivity contribution is 7.89. The third-order valence-corrected chi connectivity index (χ3v) is 4.88. The zero-order valence-corrected chi connectivity index (χ0v) is 11.3. The molecule has 110 valence electrons. The van der Waals surface area contributed by atoms with Gasteiger partial charge in [0, 0.05) is 25.9 Å². The van der Waals surface area contributed by atoms with Gasteiger partial charge in [0.25, 0.3) is 0 Å². The van der Waals surface area contributed by atoms with Crippen molar-refractivity contribution < 1.29 is 26.7 Å². The predicted octanol–water partition coefficient (Wildman–Crippen LogP) is 1.64. The summed E-state index contributed by atoms with van der Waals surface area (Å²) in [6, 6.07) is 4.77. The van der Waals surface area contributed by atoms with Crippen LogP contribution in [0.25, 0.3) is 0 Å². The van der Waals surface area contributed by atoms with Gasteiger partial charge in [0.2, 0.25) is 10.0 Å². The summed E-state index contributed by atoms with van der Waals surface area (Å²) in [7, 11) is -3.69. The summed E-state index contributed by atoms with van der Waals surface area (Å²) in [6.45, 7) is -2.65. The van der Waals surface area contributed by atoms with Crippen LogP contribution in [-0.4, -0.2) is 38.2 Å². The van der Waals surface area contributed by atoms with Crippen molar-refractivity contribution in [3.63, 3.8) is 0 Å². The first kappa shape index (κ1) is 14.9. The van der Waals surface area contributed by atoms with E-state index in [2.05, 4.69) is 4.74 Å². The second kappa shape index (κ2) is 5.84. The van der Waals surface area contributed by atoms with E-state index in [9.17, 15) is 22.0 Å². The molecule has 1 fully saturated rings. The summed E-state index contributed by atoms with van der Waals surface area (Å²) >= 11 is 0. The standard InChI is InChI=1S/C12H13F2NO4S/c13-12(14)19-10-1-3-11(4-2-10)20(17,18)15-7-5-9(16)6-8-15/h1-4,12H,5-8H2. The Morgan fingerprint density at radius 3 is 2.15 bits per heavy atom. The molecule has 2 rings (SSSR count). The lowest BCUT2D eigenvalue weighted by Crippen LogP contribution is -2.38. The van der Waals surface area contributed by atoms with E-state index in [1.54, 1.807) is 0 Å². The molecule has 0 bridgehead atoms. The van der Waals surface area contributed by atoms with Gasteiger partial charge >= 0.3 is 6.61 Å². The first-order valence-corrected chi connectivity index (χ1v) is 7.40. The van der Waals surface area contributed by atoms with Crippen LogP contribution in [-0.2, 0) is 14.8 Å². The minimum atomic E-state index is -3.69. The van der Waals surface area contributed by atoms with E-state index in [0.29, 0.717) is 0 Å². The number of nitrogens with zero attached hydrogens (tertiary/aromatic N) is 1. The number of carbonyl (C=O) groups is 1. The van der Waals surface area contributed by atoms with Crippen LogP contribution in [0.15, 0.2) is 29.2 Å². The van der Waals surface area contributed by atoms with Crippen molar-refractivity contribution in [1.82, 2.24) is 4.31 Å². The van der Waals surface area contributed by atoms with Gasteiger partial charge in [-0.3, -0.25) is 4.79 Å². The lowest BCUT2D eigenvalue weighted by Gasteiger charge is -2.25. The average molecular weight is 305 g/mol. The van der Waals surface area contributed by atoms with Crippen LogP contribution in [0.2, 0.25) is 0 Å². The molecule has 1 aromatic rings. The van der Waals surface area contributed by atoms with Gasteiger partial charge in [-0.05, 0) is 24.3 Å². The van der Waals surface area contributed by atoms with Gasteiger partial charge in [-0.25, -0.2) is 8.42 Å². The van der Waals surface area contributed by atoms with E-state index >= 15 is 0 Å². The molecular formula is C12H13F2NO4S. The van der Waals surface area contributed by atoms with Crippen LogP contribution < -0.4 is 4.74 Å². The molecule has 0 atom stereocenters. The number of sulfonamides is 1. The Labute approximate surface area is 115 Å². The van der Waals surface area contributed by atoms with E-state index in [4.69, 9.17) is 0 Å². The number of alkyl halides is 2. The Bertz CT molecular complexity index is 576. The van der Waals surface area contributed by atoms with Crippen LogP contribution >= 0.6 is 0 Å². The van der Waals surface area contributed by atoms with Gasteiger partial charge in [-0.2, -0.15) is 13.1 Å². The number of hydrogen-bond donors (Lipinski definition) is 0. The third kappa shape index (κ3) is 3.31. The normalized spacial score (nSPS) is 17.4. The van der Waals surface area contributed by atoms with E-state index in [-0.39, 0.29) is 42.4 Å². The minimum absolute atomic E-state index is 0.00605. The monoisotopic (exact) mass is 305 g/mol. The Morgan fingerprint density at radius 1 is 1.10 bits per heavy atom. The molecule has 0 N–H and O–H groups in total. The second-order valence-electron chi connectivity index (χ2n) is 4.29. The van der Waals surface area contributed by atoms with Crippen molar-refractivity contribution in [1.29, 1.82) is 0 Å². The number of piperidine rings is 1. The van der Waals surface area contributed by atoms with Gasteiger partial charge < -0.3 is 4.74 Å². The molecule has 1 heterocycles. The Hall–Kier alpha value is -1.54. The van der Waals surface area contributed by atoms with Gasteiger partial charge in [0.05, 0.1) is 4.90 Å². The minimum Gasteiger partial charge on any atom is -0.435 e. The lowest BCUT2D eigenvalue weighted by molar-refractivity contribution is -0.120. The van der Waals surface area contributed by atoms with Crippen LogP contribution in [0.1, 0.15) is 12.8 Å². The molecular weight excluding hydrogens is 292 g/mol. The molecule has 0 radical (unpaired) electrons. The van der Waals surface area contributed by atoms with Crippen molar-refractivity contribution >= 4 is 15.8 Å². The molecule has 1 aromatic carbocycles. The van der Waals surface area contributed by atoms with Crippen molar-refractivity contribution in [3.05, 3.63) is 24.3 Å². The zero-order chi connectivity index (χ0) is 14.8. The SMILES string of the molecule is O=C1CCN(S(=O)(=O)c2ccc(OC(F)F)cc2)CC1. The quantitative estimate of drug-likeness (QED) is 0.848. The average Bonchev–Trinajstić information content (AvgIpc) is 2.39. The summed E-state index contributed by atoms with van der Waals surface area (Å²) < 4.78 is 53.9. The van der Waals surface area contributed by atoms with Gasteiger partial charge in [0.1, 0.15) is 11.5 Å².